The molecule has 57 heavy (non-hydrogen) atoms. The zero-order chi connectivity index (χ0) is 42.0. The number of esters is 1. The van der Waals surface area contributed by atoms with E-state index in [1.54, 1.807) is 38.2 Å². The number of amides is 1. The van der Waals surface area contributed by atoms with Gasteiger partial charge < -0.3 is 38.3 Å². The molecule has 2 aromatic heterocycles. The standard InChI is InChI=1S/C43H66N4O10/c1-12-16-32-43(10)36(47(41(52)57-43)20-14-13-19-46-23-45-31-17-15-18-44-38(31)46)27(6)33(48)25(4)22-42(9,53-11)37(28(7)34(49)29(8)39(51)55-32)56-40-35(50)30(24(2)3)21-26(5)54-40/h15,17-18,23-30,32,35-37,40,50H,12-14,16,19-22H2,1-11H3/t25-,26-,27-,28+,29-,30-,32?,35-,36+,37?,40+,42-,43-/m1/s1. The zero-order valence-electron chi connectivity index (χ0n) is 35.8. The van der Waals surface area contributed by atoms with Crippen molar-refractivity contribution in [3.63, 3.8) is 0 Å². The van der Waals surface area contributed by atoms with Gasteiger partial charge in [0.25, 0.3) is 0 Å². The smallest absolute Gasteiger partial charge is 0.410 e. The molecule has 0 radical (unpaired) electrons. The average Bonchev–Trinajstić information content (AvgIpc) is 3.71. The molecule has 1 amide bonds. The van der Waals surface area contributed by atoms with E-state index in [2.05, 4.69) is 9.97 Å². The number of aryl methyl sites for hydroxylation is 1. The first-order chi connectivity index (χ1) is 26.9. The van der Waals surface area contributed by atoms with E-state index in [-0.39, 0.29) is 30.1 Å². The molecule has 0 saturated carbocycles. The summed E-state index contributed by atoms with van der Waals surface area (Å²) in [6.07, 6.45) is 1.68. The van der Waals surface area contributed by atoms with Crippen LogP contribution in [-0.2, 0) is 44.6 Å². The van der Waals surface area contributed by atoms with Crippen LogP contribution in [-0.4, -0.2) is 110 Å². The van der Waals surface area contributed by atoms with E-state index in [4.69, 9.17) is 23.7 Å². The van der Waals surface area contributed by atoms with Crippen LogP contribution in [0.3, 0.4) is 0 Å². The van der Waals surface area contributed by atoms with Gasteiger partial charge in [0.15, 0.2) is 23.3 Å². The van der Waals surface area contributed by atoms with Gasteiger partial charge in [-0.1, -0.05) is 48.0 Å². The Morgan fingerprint density at radius 1 is 1.00 bits per heavy atom. The van der Waals surface area contributed by atoms with Gasteiger partial charge in [0.2, 0.25) is 0 Å². The summed E-state index contributed by atoms with van der Waals surface area (Å²) in [4.78, 5) is 67.6. The minimum Gasteiger partial charge on any atom is -0.457 e. The zero-order valence-corrected chi connectivity index (χ0v) is 35.8. The minimum atomic E-state index is -1.39. The predicted molar refractivity (Wildman–Crippen MR) is 212 cm³/mol. The minimum absolute atomic E-state index is 0.112. The van der Waals surface area contributed by atoms with Crippen LogP contribution in [0.1, 0.15) is 108 Å². The van der Waals surface area contributed by atoms with Crippen LogP contribution in [0, 0.1) is 35.5 Å². The van der Waals surface area contributed by atoms with Gasteiger partial charge in [0, 0.05) is 44.1 Å². The Kier molecular flexibility index (Phi) is 14.3. The third-order valence-electron chi connectivity index (χ3n) is 13.0. The molecule has 318 valence electrons. The number of hydrogen-bond donors (Lipinski definition) is 1. The number of carbonyl (C=O) groups excluding carboxylic acids is 4. The molecule has 2 aromatic rings. The molecule has 3 saturated heterocycles. The van der Waals surface area contributed by atoms with Crippen LogP contribution in [0.15, 0.2) is 24.7 Å². The molecule has 2 unspecified atom stereocenters. The largest absolute Gasteiger partial charge is 0.457 e. The Bertz CT molecular complexity index is 1730. The molecule has 14 heteroatoms. The summed E-state index contributed by atoms with van der Waals surface area (Å²) in [7, 11) is 1.51. The summed E-state index contributed by atoms with van der Waals surface area (Å²) < 4.78 is 33.4. The number of unbranched alkanes of at least 4 members (excludes halogenated alkanes) is 1. The van der Waals surface area contributed by atoms with Gasteiger partial charge >= 0.3 is 12.1 Å². The van der Waals surface area contributed by atoms with Crippen molar-refractivity contribution in [2.75, 3.05) is 13.7 Å². The van der Waals surface area contributed by atoms with Crippen molar-refractivity contribution >= 4 is 34.8 Å². The molecule has 5 rings (SSSR count). The second-order valence-corrected chi connectivity index (χ2v) is 17.6. The number of Topliss-reactive ketones (excluding diaryl/α,β-unsaturated/α-hetero) is 2. The SMILES string of the molecule is CCCC1OC(=O)[C@H](C)C(=O)[C@H](C)C(O[C@@H]2O[C@H](C)C[C@H](C(C)C)[C@H]2O)[C@](C)(OC)C[C@@H](C)C(=O)[C@@H](C)[C@@H]2N(CCCCn3cnc4cccnc43)C(=O)O[C@]12C. The Hall–Kier alpha value is -3.46. The summed E-state index contributed by atoms with van der Waals surface area (Å²) in [5.41, 5.74) is -1.06. The lowest BCUT2D eigenvalue weighted by molar-refractivity contribution is -0.299. The number of methoxy groups -OCH3 is 1. The monoisotopic (exact) mass is 798 g/mol. The van der Waals surface area contributed by atoms with Gasteiger partial charge in [-0.3, -0.25) is 14.4 Å². The highest BCUT2D eigenvalue weighted by Crippen LogP contribution is 2.44. The van der Waals surface area contributed by atoms with Gasteiger partial charge in [-0.2, -0.15) is 0 Å². The molecule has 3 fully saturated rings. The number of aliphatic hydroxyl groups excluding tert-OH is 1. The average molecular weight is 799 g/mol. The summed E-state index contributed by atoms with van der Waals surface area (Å²) in [6.45, 7) is 19.2. The number of hydrogen-bond acceptors (Lipinski definition) is 12. The van der Waals surface area contributed by atoms with E-state index in [0.29, 0.717) is 45.2 Å². The van der Waals surface area contributed by atoms with Gasteiger partial charge in [-0.05, 0) is 83.8 Å². The quantitative estimate of drug-likeness (QED) is 0.157. The Balaban J connectivity index is 1.48. The van der Waals surface area contributed by atoms with Crippen LogP contribution in [0.4, 0.5) is 4.79 Å². The van der Waals surface area contributed by atoms with Crippen LogP contribution >= 0.6 is 0 Å². The molecular weight excluding hydrogens is 732 g/mol. The maximum absolute atomic E-state index is 14.8. The number of imidazole rings is 1. The fraction of sp³-hybridized carbons (Fsp3) is 0.767. The third-order valence-corrected chi connectivity index (χ3v) is 13.0. The molecule has 0 aromatic carbocycles. The maximum atomic E-state index is 14.8. The van der Waals surface area contributed by atoms with E-state index < -0.39 is 83.4 Å². The number of ketones is 2. The second-order valence-electron chi connectivity index (χ2n) is 17.6. The first-order valence-corrected chi connectivity index (χ1v) is 21.0. The molecule has 14 nitrogen and oxygen atoms in total. The van der Waals surface area contributed by atoms with Crippen molar-refractivity contribution in [2.45, 2.75) is 162 Å². The molecule has 3 aliphatic heterocycles. The van der Waals surface area contributed by atoms with Crippen molar-refractivity contribution in [2.24, 2.45) is 35.5 Å². The lowest BCUT2D eigenvalue weighted by Crippen LogP contribution is -2.59. The molecule has 0 spiro atoms. The molecule has 3 aliphatic rings. The Labute approximate surface area is 337 Å². The van der Waals surface area contributed by atoms with Crippen LogP contribution in [0.5, 0.6) is 0 Å². The number of rotatable bonds is 11. The maximum Gasteiger partial charge on any atom is 0.410 e. The molecule has 5 heterocycles. The number of cyclic esters (lactones) is 1. The summed E-state index contributed by atoms with van der Waals surface area (Å²) >= 11 is 0. The normalized spacial score (nSPS) is 37.3. The van der Waals surface area contributed by atoms with E-state index in [1.807, 2.05) is 58.2 Å². The Morgan fingerprint density at radius 2 is 1.70 bits per heavy atom. The number of fused-ring (bicyclic) bond motifs is 2. The highest BCUT2D eigenvalue weighted by molar-refractivity contribution is 6.00. The van der Waals surface area contributed by atoms with Crippen molar-refractivity contribution in [1.82, 2.24) is 19.4 Å². The van der Waals surface area contributed by atoms with Gasteiger partial charge in [-0.25, -0.2) is 14.8 Å². The van der Waals surface area contributed by atoms with Crippen molar-refractivity contribution < 1.29 is 48.0 Å². The first kappa shape index (κ1) is 44.6. The highest BCUT2D eigenvalue weighted by atomic mass is 16.7. The van der Waals surface area contributed by atoms with Crippen LogP contribution in [0.2, 0.25) is 0 Å². The van der Waals surface area contributed by atoms with E-state index in [9.17, 15) is 24.3 Å². The van der Waals surface area contributed by atoms with Gasteiger partial charge in [0.05, 0.1) is 30.2 Å². The van der Waals surface area contributed by atoms with Crippen LogP contribution < -0.4 is 0 Å². The predicted octanol–water partition coefficient (Wildman–Crippen LogP) is 6.15. The first-order valence-electron chi connectivity index (χ1n) is 21.0. The fourth-order valence-corrected chi connectivity index (χ4v) is 9.67. The van der Waals surface area contributed by atoms with E-state index in [1.165, 1.54) is 14.0 Å². The third kappa shape index (κ3) is 9.08. The van der Waals surface area contributed by atoms with Crippen molar-refractivity contribution in [1.29, 1.82) is 0 Å². The number of aromatic nitrogens is 3. The fourth-order valence-electron chi connectivity index (χ4n) is 9.67. The van der Waals surface area contributed by atoms with Gasteiger partial charge in [-0.15, -0.1) is 0 Å². The summed E-state index contributed by atoms with van der Waals surface area (Å²) in [5, 5.41) is 11.5. The second kappa shape index (κ2) is 18.2. The molecule has 13 atom stereocenters. The number of pyridine rings is 1. The van der Waals surface area contributed by atoms with Crippen molar-refractivity contribution in [3.05, 3.63) is 24.7 Å². The summed E-state index contributed by atoms with van der Waals surface area (Å²) in [5.74, 6) is -4.83. The summed E-state index contributed by atoms with van der Waals surface area (Å²) in [6, 6.07) is 2.97. The number of ether oxygens (including phenoxy) is 5. The number of carbonyl (C=O) groups is 4. The Morgan fingerprint density at radius 3 is 2.37 bits per heavy atom. The van der Waals surface area contributed by atoms with Crippen LogP contribution in [0.25, 0.3) is 11.2 Å². The number of nitrogens with zero attached hydrogens (tertiary/aromatic N) is 4. The highest BCUT2D eigenvalue weighted by Gasteiger charge is 2.60. The topological polar surface area (TPSA) is 169 Å². The molecular formula is C43H66N4O10. The van der Waals surface area contributed by atoms with Gasteiger partial charge in [0.1, 0.15) is 29.4 Å². The molecule has 0 aliphatic carbocycles. The lowest BCUT2D eigenvalue weighted by atomic mass is 9.73. The molecule has 1 N–H and O–H groups in total. The van der Waals surface area contributed by atoms with Crippen molar-refractivity contribution in [3.8, 4) is 0 Å². The van der Waals surface area contributed by atoms with E-state index >= 15 is 0 Å². The number of aliphatic hydroxyl groups is 1. The van der Waals surface area contributed by atoms with E-state index in [0.717, 1.165) is 11.2 Å². The molecule has 0 bridgehead atoms. The lowest BCUT2D eigenvalue weighted by Gasteiger charge is -2.47.